The average molecular weight is 338 g/mol. The molecule has 0 spiro atoms. The van der Waals surface area contributed by atoms with E-state index in [1.54, 1.807) is 9.80 Å². The summed E-state index contributed by atoms with van der Waals surface area (Å²) in [6.45, 7) is 5.31. The fraction of sp³-hybridized carbons (Fsp3) is 0.429. The van der Waals surface area contributed by atoms with Gasteiger partial charge in [0, 0.05) is 17.6 Å². The zero-order valence-electron chi connectivity index (χ0n) is 11.4. The number of fused-ring (bicyclic) bond motifs is 3. The first-order valence-electron chi connectivity index (χ1n) is 6.69. The molecule has 1 fully saturated rings. The Morgan fingerprint density at radius 2 is 2.15 bits per heavy atom. The van der Waals surface area contributed by atoms with Gasteiger partial charge in [0.05, 0.1) is 17.9 Å². The van der Waals surface area contributed by atoms with Crippen LogP contribution in [0.2, 0.25) is 0 Å². The van der Waals surface area contributed by atoms with Crippen molar-refractivity contribution in [1.29, 1.82) is 0 Å². The van der Waals surface area contributed by atoms with Crippen molar-refractivity contribution < 1.29 is 9.59 Å². The second kappa shape index (κ2) is 4.86. The molecule has 1 N–H and O–H groups in total. The number of nitrogens with zero attached hydrogens (tertiary/aromatic N) is 2. The second-order valence-corrected chi connectivity index (χ2v) is 6.00. The van der Waals surface area contributed by atoms with Gasteiger partial charge < -0.3 is 10.2 Å². The molecule has 1 aromatic rings. The van der Waals surface area contributed by atoms with E-state index in [1.807, 2.05) is 26.0 Å². The number of carbonyl (C=O) groups is 2. The first kappa shape index (κ1) is 13.6. The quantitative estimate of drug-likeness (QED) is 0.843. The summed E-state index contributed by atoms with van der Waals surface area (Å²) in [4.78, 5) is 28.3. The van der Waals surface area contributed by atoms with Gasteiger partial charge >= 0.3 is 0 Å². The molecule has 106 valence electrons. The van der Waals surface area contributed by atoms with E-state index in [0.29, 0.717) is 13.1 Å². The Balaban J connectivity index is 2.24. The molecule has 1 aromatic carbocycles. The molecule has 1 unspecified atom stereocenters. The Kier molecular flexibility index (Phi) is 3.30. The number of anilines is 2. The predicted octanol–water partition coefficient (Wildman–Crippen LogP) is 1.43. The highest BCUT2D eigenvalue weighted by Gasteiger charge is 2.43. The number of carbonyl (C=O) groups excluding carboxylic acids is 2. The van der Waals surface area contributed by atoms with E-state index >= 15 is 0 Å². The maximum Gasteiger partial charge on any atom is 0.251 e. The van der Waals surface area contributed by atoms with Gasteiger partial charge in [-0.05, 0) is 31.5 Å². The first-order valence-corrected chi connectivity index (χ1v) is 7.48. The SMILES string of the molecule is CCN1C(=O)C2CNCC(=O)N2c2c(C)cc(Br)cc21. The number of hydrogen-bond donors (Lipinski definition) is 1. The summed E-state index contributed by atoms with van der Waals surface area (Å²) in [6, 6.07) is 3.47. The first-order chi connectivity index (χ1) is 9.54. The smallest absolute Gasteiger partial charge is 0.251 e. The minimum Gasteiger partial charge on any atom is -0.309 e. The van der Waals surface area contributed by atoms with E-state index in [0.717, 1.165) is 21.4 Å². The third kappa shape index (κ3) is 1.86. The lowest BCUT2D eigenvalue weighted by molar-refractivity contribution is -0.126. The minimum absolute atomic E-state index is 0.0157. The van der Waals surface area contributed by atoms with Crippen molar-refractivity contribution in [1.82, 2.24) is 5.32 Å². The molecule has 0 aromatic heterocycles. The summed E-state index contributed by atoms with van der Waals surface area (Å²) < 4.78 is 0.918. The van der Waals surface area contributed by atoms with Crippen LogP contribution in [0.5, 0.6) is 0 Å². The molecule has 0 bridgehead atoms. The van der Waals surface area contributed by atoms with Gasteiger partial charge in [0.1, 0.15) is 6.04 Å². The van der Waals surface area contributed by atoms with E-state index in [1.165, 1.54) is 0 Å². The average Bonchev–Trinajstić information content (AvgIpc) is 2.39. The summed E-state index contributed by atoms with van der Waals surface area (Å²) in [6.07, 6.45) is 0. The van der Waals surface area contributed by atoms with Crippen molar-refractivity contribution in [2.24, 2.45) is 0 Å². The Labute approximate surface area is 126 Å². The van der Waals surface area contributed by atoms with Crippen LogP contribution in [0.1, 0.15) is 12.5 Å². The van der Waals surface area contributed by atoms with E-state index in [4.69, 9.17) is 0 Å². The van der Waals surface area contributed by atoms with Crippen LogP contribution in [0, 0.1) is 6.92 Å². The fourth-order valence-corrected chi connectivity index (χ4v) is 3.57. The van der Waals surface area contributed by atoms with Gasteiger partial charge in [0.25, 0.3) is 5.91 Å². The van der Waals surface area contributed by atoms with Crippen molar-refractivity contribution in [2.75, 3.05) is 29.4 Å². The van der Waals surface area contributed by atoms with E-state index in [-0.39, 0.29) is 18.4 Å². The van der Waals surface area contributed by atoms with Crippen LogP contribution < -0.4 is 15.1 Å². The molecule has 0 aliphatic carbocycles. The number of benzene rings is 1. The molecular weight excluding hydrogens is 322 g/mol. The van der Waals surface area contributed by atoms with Gasteiger partial charge in [-0.3, -0.25) is 14.5 Å². The molecule has 3 rings (SSSR count). The summed E-state index contributed by atoms with van der Waals surface area (Å²) >= 11 is 3.47. The Bertz CT molecular complexity index is 602. The monoisotopic (exact) mass is 337 g/mol. The normalized spacial score (nSPS) is 21.9. The molecule has 2 amide bonds. The fourth-order valence-electron chi connectivity index (χ4n) is 3.01. The van der Waals surface area contributed by atoms with Crippen LogP contribution in [-0.2, 0) is 9.59 Å². The zero-order chi connectivity index (χ0) is 14.4. The molecule has 5 nitrogen and oxygen atoms in total. The van der Waals surface area contributed by atoms with Gasteiger partial charge in [-0.15, -0.1) is 0 Å². The summed E-state index contributed by atoms with van der Waals surface area (Å²) in [5.41, 5.74) is 2.68. The molecule has 2 aliphatic rings. The summed E-state index contributed by atoms with van der Waals surface area (Å²) in [5, 5.41) is 3.02. The lowest BCUT2D eigenvalue weighted by Crippen LogP contribution is -2.64. The minimum atomic E-state index is -0.427. The third-order valence-electron chi connectivity index (χ3n) is 3.84. The van der Waals surface area contributed by atoms with Crippen LogP contribution in [0.4, 0.5) is 11.4 Å². The molecule has 1 atom stereocenters. The number of likely N-dealkylation sites (N-methyl/N-ethyl adjacent to an activating group) is 1. The maximum absolute atomic E-state index is 12.6. The highest BCUT2D eigenvalue weighted by atomic mass is 79.9. The Morgan fingerprint density at radius 3 is 2.85 bits per heavy atom. The molecule has 2 aliphatic heterocycles. The number of halogens is 1. The highest BCUT2D eigenvalue weighted by Crippen LogP contribution is 2.41. The summed E-state index contributed by atoms with van der Waals surface area (Å²) in [5.74, 6) is -0.0601. The van der Waals surface area contributed by atoms with Gasteiger partial charge in [-0.2, -0.15) is 0 Å². The van der Waals surface area contributed by atoms with E-state index in [2.05, 4.69) is 21.2 Å². The largest absolute Gasteiger partial charge is 0.309 e. The second-order valence-electron chi connectivity index (χ2n) is 5.08. The molecule has 2 heterocycles. The van der Waals surface area contributed by atoms with Crippen molar-refractivity contribution in [3.63, 3.8) is 0 Å². The molecule has 20 heavy (non-hydrogen) atoms. The van der Waals surface area contributed by atoms with Crippen molar-refractivity contribution in [3.8, 4) is 0 Å². The van der Waals surface area contributed by atoms with Crippen LogP contribution >= 0.6 is 15.9 Å². The Morgan fingerprint density at radius 1 is 1.40 bits per heavy atom. The highest BCUT2D eigenvalue weighted by molar-refractivity contribution is 9.10. The van der Waals surface area contributed by atoms with Gasteiger partial charge in [0.15, 0.2) is 0 Å². The third-order valence-corrected chi connectivity index (χ3v) is 4.30. The van der Waals surface area contributed by atoms with Crippen molar-refractivity contribution in [2.45, 2.75) is 19.9 Å². The topological polar surface area (TPSA) is 52.7 Å². The number of amides is 2. The van der Waals surface area contributed by atoms with Crippen LogP contribution in [-0.4, -0.2) is 37.5 Å². The maximum atomic E-state index is 12.6. The number of hydrogen-bond acceptors (Lipinski definition) is 3. The van der Waals surface area contributed by atoms with Crippen molar-refractivity contribution in [3.05, 3.63) is 22.2 Å². The van der Waals surface area contributed by atoms with E-state index < -0.39 is 6.04 Å². The van der Waals surface area contributed by atoms with Gasteiger partial charge in [0.2, 0.25) is 5.91 Å². The zero-order valence-corrected chi connectivity index (χ0v) is 13.0. The van der Waals surface area contributed by atoms with Gasteiger partial charge in [-0.1, -0.05) is 15.9 Å². The lowest BCUT2D eigenvalue weighted by Gasteiger charge is -2.44. The number of rotatable bonds is 1. The van der Waals surface area contributed by atoms with Crippen LogP contribution in [0.15, 0.2) is 16.6 Å². The standard InChI is InChI=1S/C14H16BrN3O2/c1-3-17-10-5-9(15)4-8(2)13(10)18-11(14(17)20)6-16-7-12(18)19/h4-5,11,16H,3,6-7H2,1-2H3. The lowest BCUT2D eigenvalue weighted by atomic mass is 10.0. The van der Waals surface area contributed by atoms with Crippen LogP contribution in [0.25, 0.3) is 0 Å². The van der Waals surface area contributed by atoms with Gasteiger partial charge in [-0.25, -0.2) is 0 Å². The molecule has 1 saturated heterocycles. The molecule has 6 heteroatoms. The van der Waals surface area contributed by atoms with Crippen molar-refractivity contribution >= 4 is 39.1 Å². The number of piperazine rings is 1. The number of aryl methyl sites for hydroxylation is 1. The number of nitrogens with one attached hydrogen (secondary N) is 1. The predicted molar refractivity (Wildman–Crippen MR) is 81.0 cm³/mol. The van der Waals surface area contributed by atoms with Crippen LogP contribution in [0.3, 0.4) is 0 Å². The Hall–Kier alpha value is -1.40. The molecular formula is C14H16BrN3O2. The molecule has 0 radical (unpaired) electrons. The molecule has 0 saturated carbocycles. The summed E-state index contributed by atoms with van der Waals surface area (Å²) in [7, 11) is 0. The van der Waals surface area contributed by atoms with E-state index in [9.17, 15) is 9.59 Å².